The zero-order valence-electron chi connectivity index (χ0n) is 14.7. The molecule has 2 atom stereocenters. The molecule has 0 aliphatic rings. The summed E-state index contributed by atoms with van der Waals surface area (Å²) in [6, 6.07) is 11.9. The van der Waals surface area contributed by atoms with Crippen LogP contribution in [0.3, 0.4) is 0 Å². The normalized spacial score (nSPS) is 14.6. The van der Waals surface area contributed by atoms with Gasteiger partial charge in [-0.25, -0.2) is 8.42 Å². The zero-order valence-corrected chi connectivity index (χ0v) is 15.5. The lowest BCUT2D eigenvalue weighted by Gasteiger charge is -2.22. The monoisotopic (exact) mass is 400 g/mol. The van der Waals surface area contributed by atoms with Crippen LogP contribution in [0.2, 0.25) is 0 Å². The molecule has 0 heterocycles. The minimum atomic E-state index is -4.76. The quantitative estimate of drug-likeness (QED) is 0.782. The Labute approximate surface area is 155 Å². The molecule has 0 fully saturated rings. The fraction of sp³-hybridized carbons (Fsp3) is 0.316. The fourth-order valence-electron chi connectivity index (χ4n) is 2.79. The lowest BCUT2D eigenvalue weighted by Crippen LogP contribution is -2.25. The largest absolute Gasteiger partial charge is 0.481 e. The van der Waals surface area contributed by atoms with Crippen LogP contribution in [-0.2, 0) is 20.8 Å². The summed E-state index contributed by atoms with van der Waals surface area (Å²) in [6.45, 7) is 1.29. The maximum atomic E-state index is 13.5. The summed E-state index contributed by atoms with van der Waals surface area (Å²) < 4.78 is 63.8. The van der Waals surface area contributed by atoms with Gasteiger partial charge >= 0.3 is 12.1 Å². The summed E-state index contributed by atoms with van der Waals surface area (Å²) in [7, 11) is -3.59. The second-order valence-corrected chi connectivity index (χ2v) is 8.90. The van der Waals surface area contributed by atoms with Crippen molar-refractivity contribution in [2.24, 2.45) is 0 Å². The van der Waals surface area contributed by atoms with Crippen molar-refractivity contribution in [1.29, 1.82) is 0 Å². The van der Waals surface area contributed by atoms with Crippen molar-refractivity contribution in [2.45, 2.75) is 30.7 Å². The molecule has 2 aromatic rings. The van der Waals surface area contributed by atoms with Gasteiger partial charge in [-0.1, -0.05) is 36.4 Å². The highest BCUT2D eigenvalue weighted by Crippen LogP contribution is 2.39. The number of hydrogen-bond donors (Lipinski definition) is 1. The first-order valence-electron chi connectivity index (χ1n) is 8.09. The Morgan fingerprint density at radius 3 is 2.15 bits per heavy atom. The molecule has 0 spiro atoms. The molecule has 0 saturated heterocycles. The van der Waals surface area contributed by atoms with Gasteiger partial charge in [-0.05, 0) is 42.2 Å². The van der Waals surface area contributed by atoms with Gasteiger partial charge < -0.3 is 5.11 Å². The maximum Gasteiger partial charge on any atom is 0.416 e. The van der Waals surface area contributed by atoms with Gasteiger partial charge in [-0.2, -0.15) is 13.2 Å². The summed E-state index contributed by atoms with van der Waals surface area (Å²) in [6.07, 6.45) is -4.27. The van der Waals surface area contributed by atoms with Crippen molar-refractivity contribution >= 4 is 15.8 Å². The molecule has 8 heteroatoms. The third-order valence-electron chi connectivity index (χ3n) is 4.44. The van der Waals surface area contributed by atoms with Crippen LogP contribution < -0.4 is 0 Å². The average Bonchev–Trinajstić information content (AvgIpc) is 2.57. The Morgan fingerprint density at radius 2 is 1.67 bits per heavy atom. The molecule has 1 N–H and O–H groups in total. The van der Waals surface area contributed by atoms with Gasteiger partial charge in [0.2, 0.25) is 0 Å². The van der Waals surface area contributed by atoms with Crippen molar-refractivity contribution in [1.82, 2.24) is 0 Å². The summed E-state index contributed by atoms with van der Waals surface area (Å²) >= 11 is 0. The summed E-state index contributed by atoms with van der Waals surface area (Å²) in [5.41, 5.74) is -0.452. The Hall–Kier alpha value is -2.35. The molecule has 2 rings (SSSR count). The van der Waals surface area contributed by atoms with E-state index in [2.05, 4.69) is 0 Å². The number of sulfone groups is 1. The van der Waals surface area contributed by atoms with Crippen LogP contribution >= 0.6 is 0 Å². The lowest BCUT2D eigenvalue weighted by molar-refractivity contribution is -0.141. The predicted molar refractivity (Wildman–Crippen MR) is 96.2 cm³/mol. The molecule has 0 aromatic heterocycles. The van der Waals surface area contributed by atoms with Crippen LogP contribution in [0.25, 0.3) is 11.1 Å². The fourth-order valence-corrected chi connectivity index (χ4v) is 3.33. The predicted octanol–water partition coefficient (Wildman–Crippen LogP) is 4.36. The molecule has 0 aliphatic carbocycles. The van der Waals surface area contributed by atoms with Gasteiger partial charge in [0.25, 0.3) is 0 Å². The molecule has 0 aliphatic heterocycles. The number of rotatable bonds is 6. The van der Waals surface area contributed by atoms with Crippen molar-refractivity contribution in [3.05, 3.63) is 59.7 Å². The Kier molecular flexibility index (Phi) is 5.99. The summed E-state index contributed by atoms with van der Waals surface area (Å²) in [4.78, 5) is 11.7. The molecule has 27 heavy (non-hydrogen) atoms. The highest BCUT2D eigenvalue weighted by atomic mass is 32.2. The minimum Gasteiger partial charge on any atom is -0.481 e. The zero-order chi connectivity index (χ0) is 20.4. The van der Waals surface area contributed by atoms with E-state index in [4.69, 9.17) is 0 Å². The highest BCUT2D eigenvalue weighted by molar-refractivity contribution is 7.91. The number of aliphatic carboxylic acids is 1. The van der Waals surface area contributed by atoms with Gasteiger partial charge in [-0.3, -0.25) is 4.79 Å². The topological polar surface area (TPSA) is 71.4 Å². The van der Waals surface area contributed by atoms with E-state index in [0.29, 0.717) is 11.1 Å². The number of carbonyl (C=O) groups is 1. The molecule has 0 radical (unpaired) electrons. The van der Waals surface area contributed by atoms with Gasteiger partial charge in [0.15, 0.2) is 0 Å². The van der Waals surface area contributed by atoms with Crippen LogP contribution in [-0.4, -0.2) is 31.0 Å². The highest BCUT2D eigenvalue weighted by Gasteiger charge is 2.38. The van der Waals surface area contributed by atoms with E-state index in [-0.39, 0.29) is 0 Å². The third kappa shape index (κ3) is 5.09. The molecule has 0 amide bonds. The van der Waals surface area contributed by atoms with E-state index in [1.165, 1.54) is 19.1 Å². The lowest BCUT2D eigenvalue weighted by atomic mass is 9.87. The van der Waals surface area contributed by atoms with Crippen LogP contribution in [0, 0.1) is 0 Å². The molecular formula is C19H19F3O4S. The van der Waals surface area contributed by atoms with Crippen molar-refractivity contribution < 1.29 is 31.5 Å². The van der Waals surface area contributed by atoms with Crippen LogP contribution in [0.15, 0.2) is 48.5 Å². The second-order valence-electron chi connectivity index (χ2n) is 6.43. The molecule has 0 saturated carbocycles. The third-order valence-corrected chi connectivity index (χ3v) is 6.09. The number of alkyl halides is 3. The van der Waals surface area contributed by atoms with Gasteiger partial charge in [0, 0.05) is 6.26 Å². The first kappa shape index (κ1) is 21.0. The first-order chi connectivity index (χ1) is 12.4. The Morgan fingerprint density at radius 1 is 1.07 bits per heavy atom. The molecule has 0 bridgehead atoms. The van der Waals surface area contributed by atoms with E-state index in [1.54, 1.807) is 30.3 Å². The smallest absolute Gasteiger partial charge is 0.416 e. The van der Waals surface area contributed by atoms with Crippen molar-refractivity contribution in [3.8, 4) is 11.1 Å². The van der Waals surface area contributed by atoms with E-state index < -0.39 is 50.7 Å². The summed E-state index contributed by atoms with van der Waals surface area (Å²) in [5.74, 6) is -3.10. The standard InChI is InChI=1S/C19H19F3O4S/c1-12(27(2,25)26)10-16(18(23)24)15-11-14(13-6-4-3-5-7-13)8-9-17(15)19(20,21)22/h3-9,11-12,16H,10H2,1-2H3,(H,23,24). The van der Waals surface area contributed by atoms with Gasteiger partial charge in [0.05, 0.1) is 16.7 Å². The Bertz CT molecular complexity index is 922. The number of hydrogen-bond acceptors (Lipinski definition) is 3. The van der Waals surface area contributed by atoms with E-state index in [1.807, 2.05) is 0 Å². The van der Waals surface area contributed by atoms with Crippen LogP contribution in [0.4, 0.5) is 13.2 Å². The summed E-state index contributed by atoms with van der Waals surface area (Å²) in [5, 5.41) is 8.43. The average molecular weight is 400 g/mol. The number of halogens is 3. The SMILES string of the molecule is CC(CC(C(=O)O)c1cc(-c2ccccc2)ccc1C(F)(F)F)S(C)(=O)=O. The number of benzene rings is 2. The molecule has 2 unspecified atom stereocenters. The van der Waals surface area contributed by atoms with E-state index in [0.717, 1.165) is 12.3 Å². The number of carboxylic acids is 1. The van der Waals surface area contributed by atoms with Crippen LogP contribution in [0.1, 0.15) is 30.4 Å². The maximum absolute atomic E-state index is 13.5. The van der Waals surface area contributed by atoms with Crippen LogP contribution in [0.5, 0.6) is 0 Å². The van der Waals surface area contributed by atoms with Crippen molar-refractivity contribution in [2.75, 3.05) is 6.26 Å². The molecule has 2 aromatic carbocycles. The molecule has 4 nitrogen and oxygen atoms in total. The number of carboxylic acid groups (broad SMARTS) is 1. The van der Waals surface area contributed by atoms with Gasteiger partial charge in [0.1, 0.15) is 9.84 Å². The van der Waals surface area contributed by atoms with Crippen molar-refractivity contribution in [3.63, 3.8) is 0 Å². The van der Waals surface area contributed by atoms with E-state index >= 15 is 0 Å². The second kappa shape index (κ2) is 7.72. The molecule has 146 valence electrons. The minimum absolute atomic E-state index is 0.428. The molecular weight excluding hydrogens is 381 g/mol. The van der Waals surface area contributed by atoms with Gasteiger partial charge in [-0.15, -0.1) is 0 Å². The first-order valence-corrected chi connectivity index (χ1v) is 10.0. The Balaban J connectivity index is 2.63. The van der Waals surface area contributed by atoms with E-state index in [9.17, 15) is 31.5 Å².